The molecule has 0 amide bonds. The van der Waals surface area contributed by atoms with E-state index in [4.69, 9.17) is 19.9 Å². The van der Waals surface area contributed by atoms with Crippen molar-refractivity contribution in [2.24, 2.45) is 11.7 Å². The highest BCUT2D eigenvalue weighted by Crippen LogP contribution is 2.29. The zero-order chi connectivity index (χ0) is 15.0. The lowest BCUT2D eigenvalue weighted by molar-refractivity contribution is 0.170. The van der Waals surface area contributed by atoms with Gasteiger partial charge >= 0.3 is 0 Å². The van der Waals surface area contributed by atoms with Crippen molar-refractivity contribution in [2.45, 2.75) is 32.7 Å². The Morgan fingerprint density at radius 2 is 1.85 bits per heavy atom. The number of hydrogen-bond donors (Lipinski definition) is 1. The lowest BCUT2D eigenvalue weighted by Gasteiger charge is -2.17. The number of methoxy groups -OCH3 is 2. The molecule has 4 heteroatoms. The largest absolute Gasteiger partial charge is 0.493 e. The lowest BCUT2D eigenvalue weighted by Crippen LogP contribution is -2.28. The van der Waals surface area contributed by atoms with Crippen molar-refractivity contribution in [2.75, 3.05) is 27.4 Å². The van der Waals surface area contributed by atoms with Crippen LogP contribution in [0.5, 0.6) is 11.5 Å². The third-order valence-corrected chi connectivity index (χ3v) is 3.31. The van der Waals surface area contributed by atoms with Gasteiger partial charge in [0, 0.05) is 26.2 Å². The third-order valence-electron chi connectivity index (χ3n) is 3.31. The van der Waals surface area contributed by atoms with E-state index in [1.54, 1.807) is 14.2 Å². The van der Waals surface area contributed by atoms with Crippen LogP contribution in [-0.4, -0.2) is 33.5 Å². The van der Waals surface area contributed by atoms with E-state index in [-0.39, 0.29) is 6.04 Å². The first-order valence-corrected chi connectivity index (χ1v) is 7.12. The molecule has 114 valence electrons. The Labute approximate surface area is 122 Å². The fourth-order valence-corrected chi connectivity index (χ4v) is 1.85. The van der Waals surface area contributed by atoms with Crippen molar-refractivity contribution >= 4 is 0 Å². The summed E-state index contributed by atoms with van der Waals surface area (Å²) < 4.78 is 16.1. The topological polar surface area (TPSA) is 53.7 Å². The SMILES string of the molecule is COCCCOc1cc(C[C@@H](N)C(C)C)ccc1OC. The van der Waals surface area contributed by atoms with Crippen molar-refractivity contribution in [3.63, 3.8) is 0 Å². The van der Waals surface area contributed by atoms with Gasteiger partial charge in [0.25, 0.3) is 0 Å². The molecule has 0 aromatic heterocycles. The minimum atomic E-state index is 0.157. The van der Waals surface area contributed by atoms with Crippen LogP contribution < -0.4 is 15.2 Å². The van der Waals surface area contributed by atoms with Crippen LogP contribution in [0.4, 0.5) is 0 Å². The molecule has 1 aromatic carbocycles. The van der Waals surface area contributed by atoms with Crippen molar-refractivity contribution in [3.8, 4) is 11.5 Å². The van der Waals surface area contributed by atoms with Crippen molar-refractivity contribution in [1.29, 1.82) is 0 Å². The molecule has 0 heterocycles. The molecule has 0 bridgehead atoms. The van der Waals surface area contributed by atoms with Crippen LogP contribution in [0.3, 0.4) is 0 Å². The molecule has 1 rings (SSSR count). The molecule has 20 heavy (non-hydrogen) atoms. The number of rotatable bonds is 9. The molecule has 0 saturated heterocycles. The monoisotopic (exact) mass is 281 g/mol. The molecule has 0 fully saturated rings. The normalized spacial score (nSPS) is 12.5. The summed E-state index contributed by atoms with van der Waals surface area (Å²) in [4.78, 5) is 0. The number of nitrogens with two attached hydrogens (primary N) is 1. The Hall–Kier alpha value is -1.26. The minimum absolute atomic E-state index is 0.157. The molecule has 4 nitrogen and oxygen atoms in total. The molecule has 0 spiro atoms. The lowest BCUT2D eigenvalue weighted by atomic mass is 9.97. The Kier molecular flexibility index (Phi) is 7.41. The molecule has 0 aliphatic carbocycles. The molecule has 2 N–H and O–H groups in total. The predicted octanol–water partition coefficient (Wildman–Crippen LogP) is 2.64. The van der Waals surface area contributed by atoms with Gasteiger partial charge in [0.15, 0.2) is 11.5 Å². The summed E-state index contributed by atoms with van der Waals surface area (Å²) in [5.74, 6) is 1.99. The fraction of sp³-hybridized carbons (Fsp3) is 0.625. The maximum absolute atomic E-state index is 6.12. The van der Waals surface area contributed by atoms with Gasteiger partial charge in [-0.05, 0) is 30.0 Å². The van der Waals surface area contributed by atoms with E-state index in [9.17, 15) is 0 Å². The summed E-state index contributed by atoms with van der Waals surface area (Å²) in [6.45, 7) is 5.58. The summed E-state index contributed by atoms with van der Waals surface area (Å²) in [5.41, 5.74) is 7.29. The zero-order valence-corrected chi connectivity index (χ0v) is 13.0. The van der Waals surface area contributed by atoms with Gasteiger partial charge in [-0.15, -0.1) is 0 Å². The van der Waals surface area contributed by atoms with Gasteiger partial charge in [-0.25, -0.2) is 0 Å². The maximum atomic E-state index is 6.12. The summed E-state index contributed by atoms with van der Waals surface area (Å²) >= 11 is 0. The van der Waals surface area contributed by atoms with Gasteiger partial charge in [0.1, 0.15) is 0 Å². The number of hydrogen-bond acceptors (Lipinski definition) is 4. The van der Waals surface area contributed by atoms with Crippen LogP contribution in [0.25, 0.3) is 0 Å². The molecule has 0 saturated carbocycles. The van der Waals surface area contributed by atoms with E-state index in [0.29, 0.717) is 19.1 Å². The highest BCUT2D eigenvalue weighted by molar-refractivity contribution is 5.43. The van der Waals surface area contributed by atoms with Crippen molar-refractivity contribution in [3.05, 3.63) is 23.8 Å². The van der Waals surface area contributed by atoms with Gasteiger partial charge in [-0.3, -0.25) is 0 Å². The summed E-state index contributed by atoms with van der Waals surface area (Å²) in [6.07, 6.45) is 1.70. The van der Waals surface area contributed by atoms with Gasteiger partial charge in [0.05, 0.1) is 13.7 Å². The van der Waals surface area contributed by atoms with Gasteiger partial charge in [-0.2, -0.15) is 0 Å². The second-order valence-electron chi connectivity index (χ2n) is 5.29. The molecule has 1 atom stereocenters. The molecule has 0 aliphatic rings. The Morgan fingerprint density at radius 1 is 1.10 bits per heavy atom. The molecule has 0 aliphatic heterocycles. The van der Waals surface area contributed by atoms with E-state index in [0.717, 1.165) is 24.3 Å². The second kappa shape index (κ2) is 8.82. The standard InChI is InChI=1S/C16H27NO3/c1-12(2)14(17)10-13-6-7-15(19-4)16(11-13)20-9-5-8-18-3/h6-7,11-12,14H,5,8-10,17H2,1-4H3/t14-/m1/s1. The van der Waals surface area contributed by atoms with E-state index in [1.807, 2.05) is 18.2 Å². The van der Waals surface area contributed by atoms with Gasteiger partial charge in [-0.1, -0.05) is 19.9 Å². The number of ether oxygens (including phenoxy) is 3. The van der Waals surface area contributed by atoms with E-state index < -0.39 is 0 Å². The van der Waals surface area contributed by atoms with E-state index in [2.05, 4.69) is 13.8 Å². The highest BCUT2D eigenvalue weighted by atomic mass is 16.5. The van der Waals surface area contributed by atoms with Crippen LogP contribution in [0, 0.1) is 5.92 Å². The Morgan fingerprint density at radius 3 is 2.45 bits per heavy atom. The van der Waals surface area contributed by atoms with Crippen molar-refractivity contribution < 1.29 is 14.2 Å². The van der Waals surface area contributed by atoms with E-state index >= 15 is 0 Å². The van der Waals surface area contributed by atoms with Crippen molar-refractivity contribution in [1.82, 2.24) is 0 Å². The molecular weight excluding hydrogens is 254 g/mol. The number of benzene rings is 1. The van der Waals surface area contributed by atoms with Crippen LogP contribution in [0.1, 0.15) is 25.8 Å². The first kappa shape index (κ1) is 16.8. The molecule has 0 unspecified atom stereocenters. The van der Waals surface area contributed by atoms with Crippen LogP contribution in [-0.2, 0) is 11.2 Å². The second-order valence-corrected chi connectivity index (χ2v) is 5.29. The van der Waals surface area contributed by atoms with Crippen LogP contribution in [0.15, 0.2) is 18.2 Å². The average Bonchev–Trinajstić information content (AvgIpc) is 2.43. The third kappa shape index (κ3) is 5.39. The smallest absolute Gasteiger partial charge is 0.161 e. The first-order chi connectivity index (χ1) is 9.58. The van der Waals surface area contributed by atoms with Gasteiger partial charge < -0.3 is 19.9 Å². The quantitative estimate of drug-likeness (QED) is 0.707. The van der Waals surface area contributed by atoms with Crippen LogP contribution in [0.2, 0.25) is 0 Å². The molecule has 0 radical (unpaired) electrons. The maximum Gasteiger partial charge on any atom is 0.161 e. The summed E-state index contributed by atoms with van der Waals surface area (Å²) in [7, 11) is 3.34. The predicted molar refractivity (Wildman–Crippen MR) is 81.5 cm³/mol. The van der Waals surface area contributed by atoms with Gasteiger partial charge in [0.2, 0.25) is 0 Å². The highest BCUT2D eigenvalue weighted by Gasteiger charge is 2.11. The minimum Gasteiger partial charge on any atom is -0.493 e. The average molecular weight is 281 g/mol. The fourth-order valence-electron chi connectivity index (χ4n) is 1.85. The van der Waals surface area contributed by atoms with Crippen LogP contribution >= 0.6 is 0 Å². The summed E-state index contributed by atoms with van der Waals surface area (Å²) in [5, 5.41) is 0. The zero-order valence-electron chi connectivity index (χ0n) is 13.0. The Balaban J connectivity index is 2.69. The summed E-state index contributed by atoms with van der Waals surface area (Å²) in [6, 6.07) is 6.16. The molecule has 1 aromatic rings. The Bertz CT molecular complexity index is 393. The molecular formula is C16H27NO3. The van der Waals surface area contributed by atoms with E-state index in [1.165, 1.54) is 5.56 Å². The first-order valence-electron chi connectivity index (χ1n) is 7.12.